The van der Waals surface area contributed by atoms with E-state index >= 15 is 0 Å². The highest BCUT2D eigenvalue weighted by molar-refractivity contribution is 5.56. The zero-order valence-corrected chi connectivity index (χ0v) is 25.4. The summed E-state index contributed by atoms with van der Waals surface area (Å²) in [5, 5.41) is 0. The fourth-order valence-electron chi connectivity index (χ4n) is 14.6. The van der Waals surface area contributed by atoms with Gasteiger partial charge in [0.2, 0.25) is 0 Å². The molecule has 0 aromatic rings. The van der Waals surface area contributed by atoms with Gasteiger partial charge in [-0.05, 0) is 127 Å². The van der Waals surface area contributed by atoms with Gasteiger partial charge < -0.3 is 9.53 Å². The van der Waals surface area contributed by atoms with Crippen LogP contribution in [0.2, 0.25) is 0 Å². The van der Waals surface area contributed by atoms with E-state index in [2.05, 4.69) is 69.2 Å². The molecule has 9 aliphatic rings. The largest absolute Gasteiger partial charge is 0.364 e. The summed E-state index contributed by atoms with van der Waals surface area (Å²) in [6, 6.07) is 0. The molecule has 0 N–H and O–H groups in total. The maximum atomic E-state index is 12.2. The Morgan fingerprint density at radius 1 is 0.750 bits per heavy atom. The number of hydrogen-bond acceptors (Lipinski definition) is 2. The molecule has 36 heavy (non-hydrogen) atoms. The lowest BCUT2D eigenvalue weighted by molar-refractivity contribution is -0.465. The summed E-state index contributed by atoms with van der Waals surface area (Å²) in [5.41, 5.74) is 1.80. The standard InChI is InChI=1S/C34H56O2/c1-11-26(21-35)36-31(10)17-15-25-20-34(31,29(25,7)8)33-19-24(28(33,5)6)14-16-30(33,9)32-18-23(27(32,3)4)13-12-22(32)2/h21-26H,11-20H2,1-10H3. The van der Waals surface area contributed by atoms with Crippen molar-refractivity contribution in [1.29, 1.82) is 0 Å². The van der Waals surface area contributed by atoms with Gasteiger partial charge in [-0.2, -0.15) is 0 Å². The predicted octanol–water partition coefficient (Wildman–Crippen LogP) is 8.86. The van der Waals surface area contributed by atoms with Crippen LogP contribution in [0.1, 0.15) is 133 Å². The third kappa shape index (κ3) is 2.20. The molecule has 9 saturated carbocycles. The van der Waals surface area contributed by atoms with Crippen molar-refractivity contribution in [2.75, 3.05) is 0 Å². The maximum Gasteiger partial charge on any atom is 0.148 e. The monoisotopic (exact) mass is 496 g/mol. The molecule has 2 nitrogen and oxygen atoms in total. The number of aldehydes is 1. The Bertz CT molecular complexity index is 962. The molecular weight excluding hydrogens is 440 g/mol. The van der Waals surface area contributed by atoms with Gasteiger partial charge in [0.15, 0.2) is 0 Å². The average Bonchev–Trinajstić information content (AvgIpc) is 2.81. The van der Waals surface area contributed by atoms with Gasteiger partial charge in [-0.25, -0.2) is 0 Å². The van der Waals surface area contributed by atoms with E-state index < -0.39 is 0 Å². The predicted molar refractivity (Wildman–Crippen MR) is 148 cm³/mol. The van der Waals surface area contributed by atoms with Gasteiger partial charge in [0, 0.05) is 5.41 Å². The van der Waals surface area contributed by atoms with Gasteiger partial charge in [0.25, 0.3) is 0 Å². The third-order valence-corrected chi connectivity index (χ3v) is 16.4. The highest BCUT2D eigenvalue weighted by atomic mass is 16.5. The molecular formula is C34H56O2. The molecule has 10 atom stereocenters. The second kappa shape index (κ2) is 7.03. The Labute approximate surface area is 222 Å². The first-order valence-electron chi connectivity index (χ1n) is 15.7. The minimum absolute atomic E-state index is 0.120. The zero-order chi connectivity index (χ0) is 26.4. The first kappa shape index (κ1) is 25.9. The molecule has 0 spiro atoms. The van der Waals surface area contributed by atoms with E-state index in [1.54, 1.807) is 0 Å². The van der Waals surface area contributed by atoms with Crippen molar-refractivity contribution in [1.82, 2.24) is 0 Å². The smallest absolute Gasteiger partial charge is 0.148 e. The van der Waals surface area contributed by atoms with Crippen molar-refractivity contribution >= 4 is 6.29 Å². The summed E-state index contributed by atoms with van der Waals surface area (Å²) in [7, 11) is 0. The normalized spacial score (nSPS) is 55.9. The van der Waals surface area contributed by atoms with E-state index in [9.17, 15) is 4.79 Å². The number of rotatable bonds is 6. The summed E-state index contributed by atoms with van der Waals surface area (Å²) < 4.78 is 7.14. The van der Waals surface area contributed by atoms with Gasteiger partial charge >= 0.3 is 0 Å². The molecule has 9 rings (SSSR count). The molecule has 2 heteroatoms. The summed E-state index contributed by atoms with van der Waals surface area (Å²) in [6.45, 7) is 26.0. The molecule has 0 aliphatic heterocycles. The molecule has 204 valence electrons. The molecule has 0 heterocycles. The van der Waals surface area contributed by atoms with Crippen LogP contribution < -0.4 is 0 Å². The Morgan fingerprint density at radius 3 is 1.81 bits per heavy atom. The van der Waals surface area contributed by atoms with Crippen molar-refractivity contribution in [2.45, 2.75) is 145 Å². The first-order valence-corrected chi connectivity index (χ1v) is 15.7. The minimum atomic E-state index is -0.277. The van der Waals surface area contributed by atoms with Gasteiger partial charge in [0.1, 0.15) is 12.4 Å². The van der Waals surface area contributed by atoms with E-state index in [1.165, 1.54) is 51.4 Å². The first-order chi connectivity index (χ1) is 16.6. The zero-order valence-electron chi connectivity index (χ0n) is 25.4. The molecule has 0 saturated heterocycles. The Hall–Kier alpha value is -0.370. The van der Waals surface area contributed by atoms with Crippen molar-refractivity contribution in [3.63, 3.8) is 0 Å². The summed E-state index contributed by atoms with van der Waals surface area (Å²) >= 11 is 0. The van der Waals surface area contributed by atoms with Gasteiger partial charge in [-0.3, -0.25) is 0 Å². The molecule has 0 amide bonds. The van der Waals surface area contributed by atoms with Crippen molar-refractivity contribution < 1.29 is 9.53 Å². The van der Waals surface area contributed by atoms with Gasteiger partial charge in [0.05, 0.1) is 5.60 Å². The third-order valence-electron chi connectivity index (χ3n) is 16.4. The van der Waals surface area contributed by atoms with Crippen molar-refractivity contribution in [3.8, 4) is 0 Å². The van der Waals surface area contributed by atoms with E-state index in [0.717, 1.165) is 42.8 Å². The lowest BCUT2D eigenvalue weighted by Crippen LogP contribution is -2.89. The fourth-order valence-corrected chi connectivity index (χ4v) is 14.6. The Balaban J connectivity index is 1.60. The van der Waals surface area contributed by atoms with Gasteiger partial charge in [-0.1, -0.05) is 62.3 Å². The van der Waals surface area contributed by atoms with Crippen LogP contribution in [0.5, 0.6) is 0 Å². The highest BCUT2D eigenvalue weighted by Crippen LogP contribution is 2.95. The SMILES string of the molecule is CCC(C=O)OC1(C)CCC2CC1(C13CC(CCC1(C)C14CC(CCC1C)C4(C)C)C3(C)C)C2(C)C. The lowest BCUT2D eigenvalue weighted by Gasteiger charge is -2.93. The van der Waals surface area contributed by atoms with Crippen LogP contribution in [0.3, 0.4) is 0 Å². The van der Waals surface area contributed by atoms with Gasteiger partial charge in [-0.15, -0.1) is 0 Å². The van der Waals surface area contributed by atoms with Crippen molar-refractivity contribution in [3.05, 3.63) is 0 Å². The molecule has 9 fully saturated rings. The van der Waals surface area contributed by atoms with Crippen LogP contribution in [0, 0.1) is 61.6 Å². The summed E-state index contributed by atoms with van der Waals surface area (Å²) in [5.74, 6) is 3.32. The minimum Gasteiger partial charge on any atom is -0.364 e. The molecule has 10 unspecified atom stereocenters. The maximum absolute atomic E-state index is 12.2. The second-order valence-corrected chi connectivity index (χ2v) is 17.0. The van der Waals surface area contributed by atoms with Crippen LogP contribution in [-0.2, 0) is 9.53 Å². The number of hydrogen-bond donors (Lipinski definition) is 0. The average molecular weight is 497 g/mol. The highest BCUT2D eigenvalue weighted by Gasteiger charge is 2.91. The van der Waals surface area contributed by atoms with Crippen LogP contribution in [0.25, 0.3) is 0 Å². The number of carbonyl (C=O) groups is 1. The molecule has 0 aromatic heterocycles. The van der Waals surface area contributed by atoms with Crippen LogP contribution in [-0.4, -0.2) is 18.0 Å². The second-order valence-electron chi connectivity index (χ2n) is 17.0. The van der Waals surface area contributed by atoms with E-state index in [0.29, 0.717) is 21.7 Å². The number of fused-ring (bicyclic) bond motifs is 6. The van der Waals surface area contributed by atoms with Crippen molar-refractivity contribution in [2.24, 2.45) is 61.6 Å². The summed E-state index contributed by atoms with van der Waals surface area (Å²) in [4.78, 5) is 12.2. The topological polar surface area (TPSA) is 26.3 Å². The quantitative estimate of drug-likeness (QED) is 0.343. The molecule has 0 radical (unpaired) electrons. The fraction of sp³-hybridized carbons (Fsp3) is 0.971. The molecule has 6 bridgehead atoms. The molecule has 9 aliphatic carbocycles. The Kier molecular flexibility index (Phi) is 5.06. The van der Waals surface area contributed by atoms with E-state index in [4.69, 9.17) is 4.74 Å². The van der Waals surface area contributed by atoms with Crippen LogP contribution in [0.4, 0.5) is 0 Å². The Morgan fingerprint density at radius 2 is 1.31 bits per heavy atom. The number of carbonyl (C=O) groups excluding carboxylic acids is 1. The van der Waals surface area contributed by atoms with E-state index in [-0.39, 0.29) is 27.9 Å². The lowest BCUT2D eigenvalue weighted by atomic mass is 9.12. The summed E-state index contributed by atoms with van der Waals surface area (Å²) in [6.07, 6.45) is 13.8. The molecule has 0 aromatic carbocycles. The van der Waals surface area contributed by atoms with Crippen LogP contribution >= 0.6 is 0 Å². The van der Waals surface area contributed by atoms with E-state index in [1.807, 2.05) is 0 Å². The van der Waals surface area contributed by atoms with Crippen LogP contribution in [0.15, 0.2) is 0 Å². The number of ether oxygens (including phenoxy) is 1.